The molecule has 0 saturated carbocycles. The van der Waals surface area contributed by atoms with Crippen molar-refractivity contribution in [3.05, 3.63) is 63.1 Å². The number of hydrogen-bond acceptors (Lipinski definition) is 2. The van der Waals surface area contributed by atoms with Crippen LogP contribution >= 0.6 is 23.2 Å². The van der Waals surface area contributed by atoms with Crippen LogP contribution in [0, 0.1) is 0 Å². The van der Waals surface area contributed by atoms with Crippen LogP contribution in [-0.2, 0) is 17.6 Å². The lowest BCUT2D eigenvalue weighted by Gasteiger charge is -2.18. The number of anilines is 1. The molecule has 2 N–H and O–H groups in total. The number of carbonyl (C=O) groups excluding carboxylic acids is 1. The molecular formula is C20H24Cl2N2O. The fourth-order valence-electron chi connectivity index (χ4n) is 2.80. The summed E-state index contributed by atoms with van der Waals surface area (Å²) in [5.74, 6) is -0.0625. The van der Waals surface area contributed by atoms with E-state index in [1.165, 1.54) is 0 Å². The highest BCUT2D eigenvalue weighted by atomic mass is 35.5. The molecule has 1 amide bonds. The van der Waals surface area contributed by atoms with Crippen molar-refractivity contribution in [3.8, 4) is 0 Å². The minimum Gasteiger partial charge on any atom is -0.324 e. The molecule has 0 aliphatic rings. The van der Waals surface area contributed by atoms with Crippen LogP contribution in [0.4, 0.5) is 5.69 Å². The van der Waals surface area contributed by atoms with Crippen LogP contribution in [0.3, 0.4) is 0 Å². The Hall–Kier alpha value is -1.55. The van der Waals surface area contributed by atoms with Crippen molar-refractivity contribution < 1.29 is 4.79 Å². The molecule has 134 valence electrons. The van der Waals surface area contributed by atoms with Crippen LogP contribution in [-0.4, -0.2) is 12.5 Å². The molecule has 0 unspecified atom stereocenters. The Labute approximate surface area is 159 Å². The van der Waals surface area contributed by atoms with E-state index in [-0.39, 0.29) is 18.5 Å². The topological polar surface area (TPSA) is 41.1 Å². The third-order valence-corrected chi connectivity index (χ3v) is 4.82. The van der Waals surface area contributed by atoms with E-state index < -0.39 is 0 Å². The van der Waals surface area contributed by atoms with E-state index in [9.17, 15) is 4.79 Å². The van der Waals surface area contributed by atoms with Crippen LogP contribution in [0.5, 0.6) is 0 Å². The summed E-state index contributed by atoms with van der Waals surface area (Å²) < 4.78 is 0. The SMILES string of the molecule is CCc1cccc(CC)c1NC(=O)CN[C@@H](C)c1ccc(Cl)cc1Cl. The zero-order valence-corrected chi connectivity index (χ0v) is 16.3. The van der Waals surface area contributed by atoms with Gasteiger partial charge in [-0.15, -0.1) is 0 Å². The maximum Gasteiger partial charge on any atom is 0.238 e. The predicted molar refractivity (Wildman–Crippen MR) is 107 cm³/mol. The number of hydrogen-bond donors (Lipinski definition) is 2. The zero-order valence-electron chi connectivity index (χ0n) is 14.8. The van der Waals surface area contributed by atoms with Gasteiger partial charge in [-0.05, 0) is 48.6 Å². The quantitative estimate of drug-likeness (QED) is 0.676. The third kappa shape index (κ3) is 5.21. The molecule has 5 heteroatoms. The van der Waals surface area contributed by atoms with Crippen molar-refractivity contribution in [2.75, 3.05) is 11.9 Å². The van der Waals surface area contributed by atoms with E-state index in [1.54, 1.807) is 12.1 Å². The van der Waals surface area contributed by atoms with Gasteiger partial charge in [-0.25, -0.2) is 0 Å². The summed E-state index contributed by atoms with van der Waals surface area (Å²) in [4.78, 5) is 12.4. The van der Waals surface area contributed by atoms with Gasteiger partial charge in [0.2, 0.25) is 5.91 Å². The van der Waals surface area contributed by atoms with Crippen molar-refractivity contribution in [2.24, 2.45) is 0 Å². The van der Waals surface area contributed by atoms with Crippen LogP contribution in [0.2, 0.25) is 10.0 Å². The Morgan fingerprint density at radius 2 is 1.72 bits per heavy atom. The lowest BCUT2D eigenvalue weighted by atomic mass is 10.0. The van der Waals surface area contributed by atoms with Gasteiger partial charge in [-0.2, -0.15) is 0 Å². The maximum atomic E-state index is 12.4. The first kappa shape index (κ1) is 19.8. The summed E-state index contributed by atoms with van der Waals surface area (Å²) in [6.07, 6.45) is 1.77. The van der Waals surface area contributed by atoms with Gasteiger partial charge in [0, 0.05) is 21.8 Å². The van der Waals surface area contributed by atoms with E-state index in [0.29, 0.717) is 10.0 Å². The van der Waals surface area contributed by atoms with Gasteiger partial charge in [0.05, 0.1) is 6.54 Å². The van der Waals surface area contributed by atoms with E-state index >= 15 is 0 Å². The third-order valence-electron chi connectivity index (χ3n) is 4.26. The highest BCUT2D eigenvalue weighted by Gasteiger charge is 2.13. The molecule has 0 aliphatic heterocycles. The molecule has 0 radical (unpaired) electrons. The molecule has 1 atom stereocenters. The zero-order chi connectivity index (χ0) is 18.4. The van der Waals surface area contributed by atoms with Gasteiger partial charge in [0.15, 0.2) is 0 Å². The number of benzene rings is 2. The molecule has 0 aliphatic carbocycles. The summed E-state index contributed by atoms with van der Waals surface area (Å²) in [6, 6.07) is 11.5. The summed E-state index contributed by atoms with van der Waals surface area (Å²) in [6.45, 7) is 6.36. The van der Waals surface area contributed by atoms with Crippen LogP contribution < -0.4 is 10.6 Å². The van der Waals surface area contributed by atoms with E-state index in [2.05, 4.69) is 36.6 Å². The van der Waals surface area contributed by atoms with Crippen molar-refractivity contribution >= 4 is 34.8 Å². The molecule has 25 heavy (non-hydrogen) atoms. The van der Waals surface area contributed by atoms with E-state index in [4.69, 9.17) is 23.2 Å². The molecule has 0 saturated heterocycles. The number of amides is 1. The van der Waals surface area contributed by atoms with Crippen molar-refractivity contribution in [3.63, 3.8) is 0 Å². The molecule has 0 spiro atoms. The fraction of sp³-hybridized carbons (Fsp3) is 0.350. The minimum absolute atomic E-state index is 0.0532. The van der Waals surface area contributed by atoms with Gasteiger partial charge in [-0.1, -0.05) is 61.3 Å². The summed E-state index contributed by atoms with van der Waals surface area (Å²) in [5.41, 5.74) is 4.17. The highest BCUT2D eigenvalue weighted by molar-refractivity contribution is 6.35. The number of carbonyl (C=O) groups is 1. The molecule has 0 bridgehead atoms. The standard InChI is InChI=1S/C20H24Cl2N2O/c1-4-14-7-6-8-15(5-2)20(14)24-19(25)12-23-13(3)17-10-9-16(21)11-18(17)22/h6-11,13,23H,4-5,12H2,1-3H3,(H,24,25)/t13-/m0/s1. The fourth-order valence-corrected chi connectivity index (χ4v) is 3.37. The Balaban J connectivity index is 2.01. The first-order valence-electron chi connectivity index (χ1n) is 8.55. The van der Waals surface area contributed by atoms with Crippen LogP contribution in [0.25, 0.3) is 0 Å². The van der Waals surface area contributed by atoms with Crippen molar-refractivity contribution in [2.45, 2.75) is 39.7 Å². The van der Waals surface area contributed by atoms with Crippen LogP contribution in [0.1, 0.15) is 43.5 Å². The molecule has 0 fully saturated rings. The maximum absolute atomic E-state index is 12.4. The van der Waals surface area contributed by atoms with E-state index in [0.717, 1.165) is 35.2 Å². The van der Waals surface area contributed by atoms with Crippen molar-refractivity contribution in [1.29, 1.82) is 0 Å². The average Bonchev–Trinajstić information content (AvgIpc) is 2.59. The van der Waals surface area contributed by atoms with Gasteiger partial charge in [-0.3, -0.25) is 4.79 Å². The lowest BCUT2D eigenvalue weighted by molar-refractivity contribution is -0.115. The second-order valence-electron chi connectivity index (χ2n) is 5.97. The van der Waals surface area contributed by atoms with Gasteiger partial charge in [0.1, 0.15) is 0 Å². The molecule has 3 nitrogen and oxygen atoms in total. The average molecular weight is 379 g/mol. The molecule has 0 aromatic heterocycles. The first-order valence-corrected chi connectivity index (χ1v) is 9.30. The number of rotatable bonds is 7. The van der Waals surface area contributed by atoms with Gasteiger partial charge < -0.3 is 10.6 Å². The smallest absolute Gasteiger partial charge is 0.238 e. The Morgan fingerprint density at radius 1 is 1.08 bits per heavy atom. The minimum atomic E-state index is -0.0625. The van der Waals surface area contributed by atoms with Gasteiger partial charge in [0.25, 0.3) is 0 Å². The largest absolute Gasteiger partial charge is 0.324 e. The Morgan fingerprint density at radius 3 is 2.28 bits per heavy atom. The Kier molecular flexibility index (Phi) is 7.30. The van der Waals surface area contributed by atoms with Gasteiger partial charge >= 0.3 is 0 Å². The second-order valence-corrected chi connectivity index (χ2v) is 6.82. The predicted octanol–water partition coefficient (Wildman–Crippen LogP) is 5.41. The summed E-state index contributed by atoms with van der Waals surface area (Å²) in [7, 11) is 0. The summed E-state index contributed by atoms with van der Waals surface area (Å²) >= 11 is 12.2. The highest BCUT2D eigenvalue weighted by Crippen LogP contribution is 2.26. The van der Waals surface area contributed by atoms with Crippen LogP contribution in [0.15, 0.2) is 36.4 Å². The number of para-hydroxylation sites is 1. The summed E-state index contributed by atoms with van der Waals surface area (Å²) in [5, 5.41) is 7.46. The molecule has 2 rings (SSSR count). The Bertz CT molecular complexity index is 724. The number of aryl methyl sites for hydroxylation is 2. The first-order chi connectivity index (χ1) is 12.0. The molecular weight excluding hydrogens is 355 g/mol. The monoisotopic (exact) mass is 378 g/mol. The normalized spacial score (nSPS) is 12.0. The number of nitrogens with one attached hydrogen (secondary N) is 2. The van der Waals surface area contributed by atoms with E-state index in [1.807, 2.05) is 19.1 Å². The van der Waals surface area contributed by atoms with Crippen molar-refractivity contribution in [1.82, 2.24) is 5.32 Å². The second kappa shape index (κ2) is 9.23. The molecule has 2 aromatic carbocycles. The molecule has 0 heterocycles. The lowest BCUT2D eigenvalue weighted by Crippen LogP contribution is -2.30. The number of halogens is 2. The molecule has 2 aromatic rings.